The van der Waals surface area contributed by atoms with E-state index in [1.54, 1.807) is 11.5 Å². The summed E-state index contributed by atoms with van der Waals surface area (Å²) in [6, 6.07) is 0. The van der Waals surface area contributed by atoms with Gasteiger partial charge in [-0.2, -0.15) is 0 Å². The highest BCUT2D eigenvalue weighted by Crippen LogP contribution is 2.15. The fourth-order valence-electron chi connectivity index (χ4n) is 0.983. The second-order valence-corrected chi connectivity index (χ2v) is 4.60. The van der Waals surface area contributed by atoms with Gasteiger partial charge in [-0.3, -0.25) is 9.78 Å². The largest absolute Gasteiger partial charge is 0.326 e. The maximum atomic E-state index is 11.1. The van der Waals surface area contributed by atoms with Crippen LogP contribution in [0.4, 0.5) is 0 Å². The number of fused-ring (bicyclic) bond motifs is 1. The van der Waals surface area contributed by atoms with Gasteiger partial charge in [0, 0.05) is 0 Å². The summed E-state index contributed by atoms with van der Waals surface area (Å²) in [5.41, 5.74) is -0.386. The van der Waals surface area contributed by atoms with Crippen LogP contribution in [0.3, 0.4) is 0 Å². The first kappa shape index (κ1) is 7.63. The summed E-state index contributed by atoms with van der Waals surface area (Å²) in [6.45, 7) is 0. The van der Waals surface area contributed by atoms with Crippen molar-refractivity contribution in [2.75, 3.05) is 0 Å². The number of aromatic nitrogens is 2. The van der Waals surface area contributed by atoms with Crippen molar-refractivity contribution in [2.45, 2.75) is 5.03 Å². The van der Waals surface area contributed by atoms with Crippen molar-refractivity contribution in [1.82, 2.24) is 9.97 Å². The second-order valence-electron chi connectivity index (χ2n) is 2.25. The molecule has 0 fully saturated rings. The average Bonchev–Trinajstić information content (AvgIpc) is 2.33. The summed E-state index contributed by atoms with van der Waals surface area (Å²) in [4.78, 5) is 26.6. The summed E-state index contributed by atoms with van der Waals surface area (Å²) in [7, 11) is -0.541. The Morgan fingerprint density at radius 2 is 2.08 bits per heavy atom. The van der Waals surface area contributed by atoms with Crippen LogP contribution in [-0.4, -0.2) is 9.97 Å². The molecule has 1 aromatic rings. The number of hydrogen-bond acceptors (Lipinski definition) is 3. The summed E-state index contributed by atoms with van der Waals surface area (Å²) < 4.78 is 0. The minimum Gasteiger partial charge on any atom is -0.301 e. The van der Waals surface area contributed by atoms with Crippen LogP contribution in [0.25, 0.3) is 6.08 Å². The van der Waals surface area contributed by atoms with E-state index in [1.165, 1.54) is 0 Å². The molecule has 4 nitrogen and oxygen atoms in total. The quantitative estimate of drug-likeness (QED) is 0.554. The molecule has 1 aromatic heterocycles. The third kappa shape index (κ3) is 0.997. The lowest BCUT2D eigenvalue weighted by atomic mass is 10.3. The van der Waals surface area contributed by atoms with E-state index in [0.29, 0.717) is 10.6 Å². The Balaban J connectivity index is 2.92. The van der Waals surface area contributed by atoms with Crippen molar-refractivity contribution in [3.8, 4) is 0 Å². The van der Waals surface area contributed by atoms with Crippen molar-refractivity contribution < 1.29 is 0 Å². The zero-order chi connectivity index (χ0) is 8.72. The molecule has 6 heteroatoms. The van der Waals surface area contributed by atoms with Gasteiger partial charge < -0.3 is 4.98 Å². The number of nitrogens with one attached hydrogen (secondary N) is 2. The standard InChI is InChI=1S/C6H4N2O2S2/c9-4-3-1-2-12(11)5(3)8-6(10)7-4/h1-2H,(H2,7,8,9,10). The second kappa shape index (κ2) is 2.49. The van der Waals surface area contributed by atoms with Gasteiger partial charge >= 0.3 is 5.69 Å². The molecule has 0 amide bonds. The third-order valence-corrected chi connectivity index (χ3v) is 3.44. The molecule has 1 aliphatic rings. The highest BCUT2D eigenvalue weighted by molar-refractivity contribution is 8.30. The van der Waals surface area contributed by atoms with Crippen LogP contribution >= 0.6 is 0 Å². The predicted molar refractivity (Wildman–Crippen MR) is 49.7 cm³/mol. The van der Waals surface area contributed by atoms with E-state index < -0.39 is 15.1 Å². The van der Waals surface area contributed by atoms with Gasteiger partial charge in [-0.05, 0) is 32.1 Å². The van der Waals surface area contributed by atoms with Crippen LogP contribution in [0.15, 0.2) is 20.0 Å². The molecule has 0 radical (unpaired) electrons. The molecular weight excluding hydrogens is 196 g/mol. The monoisotopic (exact) mass is 200 g/mol. The Hall–Kier alpha value is -1.01. The lowest BCUT2D eigenvalue weighted by Gasteiger charge is -1.95. The molecule has 0 bridgehead atoms. The van der Waals surface area contributed by atoms with E-state index >= 15 is 0 Å². The first-order valence-corrected chi connectivity index (χ1v) is 5.35. The molecule has 0 saturated heterocycles. The van der Waals surface area contributed by atoms with Gasteiger partial charge in [0.05, 0.1) is 10.6 Å². The van der Waals surface area contributed by atoms with E-state index in [0.717, 1.165) is 0 Å². The van der Waals surface area contributed by atoms with Gasteiger partial charge in [0.25, 0.3) is 5.56 Å². The number of hydrogen-bond donors (Lipinski definition) is 2. The van der Waals surface area contributed by atoms with Gasteiger partial charge in [-0.25, -0.2) is 4.79 Å². The van der Waals surface area contributed by atoms with E-state index in [9.17, 15) is 9.59 Å². The maximum absolute atomic E-state index is 11.1. The molecule has 0 spiro atoms. The van der Waals surface area contributed by atoms with Gasteiger partial charge in [0.2, 0.25) is 0 Å². The van der Waals surface area contributed by atoms with Crippen molar-refractivity contribution in [1.29, 1.82) is 0 Å². The molecule has 0 aliphatic carbocycles. The zero-order valence-electron chi connectivity index (χ0n) is 5.79. The molecule has 2 N–H and O–H groups in total. The van der Waals surface area contributed by atoms with Crippen LogP contribution in [0.2, 0.25) is 0 Å². The first-order chi connectivity index (χ1) is 5.68. The van der Waals surface area contributed by atoms with Gasteiger partial charge in [-0.1, -0.05) is 0 Å². The third-order valence-electron chi connectivity index (χ3n) is 1.50. The number of H-pyrrole nitrogens is 2. The molecule has 0 aromatic carbocycles. The maximum Gasteiger partial charge on any atom is 0.326 e. The molecular formula is C6H4N2O2S2. The number of rotatable bonds is 0. The molecule has 2 heterocycles. The Morgan fingerprint density at radius 1 is 1.33 bits per heavy atom. The van der Waals surface area contributed by atoms with Crippen LogP contribution in [0.5, 0.6) is 0 Å². The summed E-state index contributed by atoms with van der Waals surface area (Å²) >= 11 is 4.99. The first-order valence-electron chi connectivity index (χ1n) is 3.14. The molecule has 2 rings (SSSR count). The van der Waals surface area contributed by atoms with Gasteiger partial charge in [-0.15, -0.1) is 0 Å². The molecule has 0 saturated carbocycles. The Bertz CT molecular complexity index is 497. The van der Waals surface area contributed by atoms with Gasteiger partial charge in [0.1, 0.15) is 0 Å². The molecule has 12 heavy (non-hydrogen) atoms. The Labute approximate surface area is 73.9 Å². The smallest absolute Gasteiger partial charge is 0.301 e. The highest BCUT2D eigenvalue weighted by atomic mass is 32.8. The van der Waals surface area contributed by atoms with Crippen molar-refractivity contribution in [3.63, 3.8) is 0 Å². The van der Waals surface area contributed by atoms with E-state index in [2.05, 4.69) is 9.97 Å². The zero-order valence-corrected chi connectivity index (χ0v) is 7.42. The minimum absolute atomic E-state index is 0.371. The lowest BCUT2D eigenvalue weighted by molar-refractivity contribution is 0.944. The highest BCUT2D eigenvalue weighted by Gasteiger charge is 2.13. The fourth-order valence-corrected chi connectivity index (χ4v) is 2.51. The summed E-state index contributed by atoms with van der Waals surface area (Å²) in [5.74, 6) is 0. The van der Waals surface area contributed by atoms with Crippen LogP contribution in [0.1, 0.15) is 5.56 Å². The van der Waals surface area contributed by atoms with Gasteiger partial charge in [0.15, 0.2) is 0 Å². The van der Waals surface area contributed by atoms with Crippen molar-refractivity contribution >= 4 is 26.7 Å². The normalized spacial score (nSPS) is 19.5. The Kier molecular flexibility index (Phi) is 1.59. The molecule has 1 aliphatic heterocycles. The Morgan fingerprint density at radius 3 is 2.83 bits per heavy atom. The van der Waals surface area contributed by atoms with Crippen molar-refractivity contribution in [3.05, 3.63) is 31.8 Å². The predicted octanol–water partition coefficient (Wildman–Crippen LogP) is -0.513. The molecule has 1 unspecified atom stereocenters. The van der Waals surface area contributed by atoms with Crippen molar-refractivity contribution in [2.24, 2.45) is 0 Å². The van der Waals surface area contributed by atoms with E-state index in [4.69, 9.17) is 11.2 Å². The summed E-state index contributed by atoms with van der Waals surface area (Å²) in [6.07, 6.45) is 1.64. The molecule has 62 valence electrons. The van der Waals surface area contributed by atoms with Crippen LogP contribution in [-0.2, 0) is 20.6 Å². The van der Waals surface area contributed by atoms with Crippen LogP contribution in [0, 0.1) is 0 Å². The SMILES string of the molecule is O=c1[nH]c2c(c(=O)[nH]1)C=CS2=S. The lowest BCUT2D eigenvalue weighted by Crippen LogP contribution is -2.25. The molecule has 1 atom stereocenters. The number of aromatic amines is 2. The average molecular weight is 200 g/mol. The topological polar surface area (TPSA) is 65.7 Å². The van der Waals surface area contributed by atoms with E-state index in [1.807, 2.05) is 0 Å². The summed E-state index contributed by atoms with van der Waals surface area (Å²) in [5, 5.41) is 2.28. The fraction of sp³-hybridized carbons (Fsp3) is 0. The van der Waals surface area contributed by atoms with Crippen LogP contribution < -0.4 is 11.2 Å². The van der Waals surface area contributed by atoms with E-state index in [-0.39, 0.29) is 5.56 Å². The minimum atomic E-state index is -0.541.